The second kappa shape index (κ2) is 13.1. The van der Waals surface area contributed by atoms with Gasteiger partial charge < -0.3 is 14.0 Å². The summed E-state index contributed by atoms with van der Waals surface area (Å²) in [4.78, 5) is 12.5. The highest BCUT2D eigenvalue weighted by Crippen LogP contribution is 2.49. The normalized spacial score (nSPS) is 15.8. The van der Waals surface area contributed by atoms with Crippen molar-refractivity contribution in [2.75, 3.05) is 4.90 Å². The van der Waals surface area contributed by atoms with Crippen molar-refractivity contribution >= 4 is 87.6 Å². The molecule has 2 atom stereocenters. The summed E-state index contributed by atoms with van der Waals surface area (Å²) in [6.07, 6.45) is 12.7. The molecule has 3 aromatic heterocycles. The van der Waals surface area contributed by atoms with Crippen molar-refractivity contribution in [2.24, 2.45) is 0 Å². The Labute approximate surface area is 362 Å². The maximum Gasteiger partial charge on any atom is 0.0972 e. The molecule has 1 aliphatic heterocycles. The number of para-hydroxylation sites is 3. The van der Waals surface area contributed by atoms with E-state index in [1.165, 1.54) is 66.0 Å². The fourth-order valence-electron chi connectivity index (χ4n) is 11.0. The van der Waals surface area contributed by atoms with E-state index < -0.39 is 0 Å². The van der Waals surface area contributed by atoms with Gasteiger partial charge in [-0.05, 0) is 94.2 Å². The standard InChI is InChI=1S/C58H37N5/c1-2-12-36(13-3-1)37-22-26-47-48(32-37)41-27-23-38(34-50(41)58-57(47)59-30-31-60-58)63-55-29-25-39(61-51-18-8-4-14-42(51)43-15-5-9-19-52(43)61)33-49(55)46-28-24-40(35-56(46)63)62-53-20-10-6-16-44(53)45-17-7-11-21-54(45)62/h1-35,44,53H. The Morgan fingerprint density at radius 1 is 0.365 bits per heavy atom. The van der Waals surface area contributed by atoms with Crippen LogP contribution in [0.2, 0.25) is 0 Å². The summed E-state index contributed by atoms with van der Waals surface area (Å²) in [5.41, 5.74) is 14.9. The SMILES string of the molecule is C1=CC2c3ccccc3N(c3ccc4c5cc(-n6c7ccccc7c7ccccc76)ccc5n(-c5ccc6c7cc(-c8ccccc8)ccc7c7nccnc7c6c5)c4c3)C2C=C1. The average Bonchev–Trinajstić information content (AvgIpc) is 3.99. The smallest absolute Gasteiger partial charge is 0.0972 e. The number of rotatable bonds is 4. The monoisotopic (exact) mass is 803 g/mol. The molecule has 2 aliphatic rings. The molecule has 1 aliphatic carbocycles. The molecule has 2 unspecified atom stereocenters. The van der Waals surface area contributed by atoms with Gasteiger partial charge in [-0.25, -0.2) is 0 Å². The number of hydrogen-bond donors (Lipinski definition) is 0. The van der Waals surface area contributed by atoms with Crippen LogP contribution in [0.3, 0.4) is 0 Å². The molecule has 0 N–H and O–H groups in total. The van der Waals surface area contributed by atoms with Gasteiger partial charge in [0.15, 0.2) is 0 Å². The largest absolute Gasteiger partial charge is 0.333 e. The van der Waals surface area contributed by atoms with Gasteiger partial charge >= 0.3 is 0 Å². The third kappa shape index (κ3) is 4.93. The van der Waals surface area contributed by atoms with Gasteiger partial charge in [0.25, 0.3) is 0 Å². The van der Waals surface area contributed by atoms with Crippen LogP contribution in [0.5, 0.6) is 0 Å². The Morgan fingerprint density at radius 3 is 1.79 bits per heavy atom. The first-order chi connectivity index (χ1) is 31.3. The molecule has 9 aromatic carbocycles. The Morgan fingerprint density at radius 2 is 0.968 bits per heavy atom. The molecular formula is C58H37N5. The summed E-state index contributed by atoms with van der Waals surface area (Å²) in [6, 6.07) is 64.9. The van der Waals surface area contributed by atoms with Crippen LogP contribution in [-0.4, -0.2) is 25.1 Å². The minimum absolute atomic E-state index is 0.198. The zero-order valence-corrected chi connectivity index (χ0v) is 34.1. The number of fused-ring (bicyclic) bond motifs is 15. The van der Waals surface area contributed by atoms with E-state index in [0.29, 0.717) is 5.92 Å². The minimum Gasteiger partial charge on any atom is -0.333 e. The first kappa shape index (κ1) is 34.4. The summed E-state index contributed by atoms with van der Waals surface area (Å²) in [5.74, 6) is 0.300. The molecule has 0 spiro atoms. The molecule has 12 aromatic rings. The highest BCUT2D eigenvalue weighted by molar-refractivity contribution is 6.24. The number of anilines is 2. The second-order valence-electron chi connectivity index (χ2n) is 16.9. The molecule has 0 amide bonds. The van der Waals surface area contributed by atoms with Gasteiger partial charge in [-0.15, -0.1) is 0 Å². The summed E-state index contributed by atoms with van der Waals surface area (Å²) < 4.78 is 4.88. The first-order valence-electron chi connectivity index (χ1n) is 21.7. The lowest BCUT2D eigenvalue weighted by atomic mass is 9.91. The van der Waals surface area contributed by atoms with E-state index in [-0.39, 0.29) is 6.04 Å². The van der Waals surface area contributed by atoms with Gasteiger partial charge in [-0.3, -0.25) is 9.97 Å². The summed E-state index contributed by atoms with van der Waals surface area (Å²) in [6.45, 7) is 0. The Kier molecular flexibility index (Phi) is 7.17. The van der Waals surface area contributed by atoms with Crippen molar-refractivity contribution in [3.63, 3.8) is 0 Å². The van der Waals surface area contributed by atoms with Crippen molar-refractivity contribution in [3.8, 4) is 22.5 Å². The second-order valence-corrected chi connectivity index (χ2v) is 16.9. The van der Waals surface area contributed by atoms with Crippen molar-refractivity contribution in [2.45, 2.75) is 12.0 Å². The van der Waals surface area contributed by atoms with E-state index in [0.717, 1.165) is 49.6 Å². The van der Waals surface area contributed by atoms with Crippen LogP contribution >= 0.6 is 0 Å². The predicted octanol–water partition coefficient (Wildman–Crippen LogP) is 14.5. The topological polar surface area (TPSA) is 38.9 Å². The van der Waals surface area contributed by atoms with E-state index >= 15 is 0 Å². The van der Waals surface area contributed by atoms with E-state index in [1.54, 1.807) is 0 Å². The summed E-state index contributed by atoms with van der Waals surface area (Å²) in [7, 11) is 0. The molecule has 294 valence electrons. The molecule has 0 radical (unpaired) electrons. The minimum atomic E-state index is 0.198. The zero-order chi connectivity index (χ0) is 41.2. The molecule has 0 saturated carbocycles. The zero-order valence-electron chi connectivity index (χ0n) is 34.1. The molecule has 0 fully saturated rings. The molecule has 5 nitrogen and oxygen atoms in total. The van der Waals surface area contributed by atoms with Crippen LogP contribution in [-0.2, 0) is 0 Å². The third-order valence-electron chi connectivity index (χ3n) is 13.7. The first-order valence-corrected chi connectivity index (χ1v) is 21.7. The lowest BCUT2D eigenvalue weighted by Gasteiger charge is -2.29. The summed E-state index contributed by atoms with van der Waals surface area (Å²) >= 11 is 0. The maximum absolute atomic E-state index is 5.01. The molecule has 14 rings (SSSR count). The maximum atomic E-state index is 5.01. The molecule has 0 bridgehead atoms. The number of hydrogen-bond acceptors (Lipinski definition) is 3. The van der Waals surface area contributed by atoms with Crippen molar-refractivity contribution in [3.05, 3.63) is 218 Å². The highest BCUT2D eigenvalue weighted by Gasteiger charge is 2.37. The number of aromatic nitrogens is 4. The Balaban J connectivity index is 1.04. The molecule has 63 heavy (non-hydrogen) atoms. The van der Waals surface area contributed by atoms with Gasteiger partial charge in [0.05, 0.1) is 39.1 Å². The highest BCUT2D eigenvalue weighted by atomic mass is 15.2. The van der Waals surface area contributed by atoms with Crippen molar-refractivity contribution in [1.29, 1.82) is 0 Å². The average molecular weight is 804 g/mol. The van der Waals surface area contributed by atoms with Crippen molar-refractivity contribution < 1.29 is 0 Å². The quantitative estimate of drug-likeness (QED) is 0.166. The fraction of sp³-hybridized carbons (Fsp3) is 0.0345. The number of allylic oxidation sites excluding steroid dienone is 2. The number of benzene rings is 9. The lowest BCUT2D eigenvalue weighted by Crippen LogP contribution is -2.28. The molecular weight excluding hydrogens is 767 g/mol. The van der Waals surface area contributed by atoms with Crippen LogP contribution in [0, 0.1) is 0 Å². The Bertz CT molecular complexity index is 3890. The molecule has 0 saturated heterocycles. The van der Waals surface area contributed by atoms with Gasteiger partial charge in [0.1, 0.15) is 0 Å². The van der Waals surface area contributed by atoms with Crippen LogP contribution < -0.4 is 4.90 Å². The summed E-state index contributed by atoms with van der Waals surface area (Å²) in [5, 5.41) is 9.43. The fourth-order valence-corrected chi connectivity index (χ4v) is 11.0. The predicted molar refractivity (Wildman–Crippen MR) is 262 cm³/mol. The van der Waals surface area contributed by atoms with Crippen LogP contribution in [0.4, 0.5) is 11.4 Å². The van der Waals surface area contributed by atoms with Crippen LogP contribution in [0.25, 0.3) is 98.7 Å². The van der Waals surface area contributed by atoms with Crippen molar-refractivity contribution in [1.82, 2.24) is 19.1 Å². The molecule has 4 heterocycles. The van der Waals surface area contributed by atoms with E-state index in [2.05, 4.69) is 214 Å². The van der Waals surface area contributed by atoms with Gasteiger partial charge in [-0.2, -0.15) is 0 Å². The van der Waals surface area contributed by atoms with Gasteiger partial charge in [0, 0.05) is 73.4 Å². The van der Waals surface area contributed by atoms with Gasteiger partial charge in [-0.1, -0.05) is 133 Å². The molecule has 5 heteroatoms. The van der Waals surface area contributed by atoms with E-state index in [9.17, 15) is 0 Å². The van der Waals surface area contributed by atoms with E-state index in [1.807, 2.05) is 12.4 Å². The lowest BCUT2D eigenvalue weighted by molar-refractivity contribution is 0.745. The van der Waals surface area contributed by atoms with E-state index in [4.69, 9.17) is 9.97 Å². The Hall–Kier alpha value is -8.28. The van der Waals surface area contributed by atoms with Crippen LogP contribution in [0.15, 0.2) is 213 Å². The van der Waals surface area contributed by atoms with Crippen LogP contribution in [0.1, 0.15) is 11.5 Å². The van der Waals surface area contributed by atoms with Gasteiger partial charge in [0.2, 0.25) is 0 Å². The third-order valence-corrected chi connectivity index (χ3v) is 13.7. The number of nitrogens with zero attached hydrogens (tertiary/aromatic N) is 5.